The van der Waals surface area contributed by atoms with Gasteiger partial charge in [-0.2, -0.15) is 0 Å². The zero-order valence-corrected chi connectivity index (χ0v) is 46.4. The molecular weight excluding hydrogens is 1110 g/mol. The second-order valence-electron chi connectivity index (χ2n) is 11.4. The quantitative estimate of drug-likeness (QED) is 0.212. The fraction of sp³-hybridized carbons (Fsp3) is 0. The van der Waals surface area contributed by atoms with Crippen LogP contribution < -0.4 is 0 Å². The molecule has 0 N–H and O–H groups in total. The molecule has 0 amide bonds. The van der Waals surface area contributed by atoms with Gasteiger partial charge in [0, 0.05) is 413 Å². The lowest BCUT2D eigenvalue weighted by atomic mass is 10.6. The largest absolute Gasteiger partial charge is 0.0687 e. The lowest BCUT2D eigenvalue weighted by Gasteiger charge is -1.41. The number of hydrogen-bond acceptors (Lipinski definition) is 0. The molecule has 0 heterocycles. The van der Waals surface area contributed by atoms with Crippen molar-refractivity contribution >= 4 is 0 Å². The number of hydrogen-bond donors (Lipinski definition) is 0. The van der Waals surface area contributed by atoms with E-state index in [1.54, 1.807) is 0 Å². The topological polar surface area (TPSA) is 0 Å². The Kier molecular flexibility index (Phi) is 55.5. The maximum absolute atomic E-state index is 3.32. The standard InChI is InChI=1S/C92H4/c1-3-5-7-9-11-13-15-17-19-21-23-25-27-29-31-33-35-37-39-41-43-45-47-49-51-53-55-57-59-61-63-65-67-69-71-73-75-77-79-81-83-85-87-89-91-92-90-88-86-84-82-80-78-76-74-72-70-68-66-64-62-60-58-56-54-52-50-48-46-44-42-40-38-36-34-32-30-28-26-24-22-20-18-16-14-12-10-8-6-4-2/h1-2H2. The van der Waals surface area contributed by atoms with Gasteiger partial charge in [0.05, 0.1) is 0 Å². The van der Waals surface area contributed by atoms with E-state index in [4.69, 9.17) is 0 Å². The third kappa shape index (κ3) is 69.9. The van der Waals surface area contributed by atoms with Gasteiger partial charge in [0.1, 0.15) is 0 Å². The van der Waals surface area contributed by atoms with Crippen LogP contribution in [0.15, 0.2) is 529 Å². The van der Waals surface area contributed by atoms with E-state index in [0.29, 0.717) is 0 Å². The van der Waals surface area contributed by atoms with Gasteiger partial charge in [-0.15, -0.1) is 0 Å². The van der Waals surface area contributed by atoms with Crippen molar-refractivity contribution in [2.24, 2.45) is 0 Å². The molecule has 0 atom stereocenters. The molecule has 92 heavy (non-hydrogen) atoms. The van der Waals surface area contributed by atoms with Gasteiger partial charge >= 0.3 is 0 Å². The molecule has 0 rings (SSSR count). The highest BCUT2D eigenvalue weighted by Crippen LogP contribution is 1.65. The van der Waals surface area contributed by atoms with Gasteiger partial charge in [-0.1, -0.05) is 11.5 Å². The molecular formula is C92H4. The summed E-state index contributed by atoms with van der Waals surface area (Å²) < 4.78 is 0. The SMILES string of the molecule is C=C=C=C=C=C=C=C=C=C=C=C=C=C=C=C=C=C=C=C=C=C=C=C=C=C=C=C=C=C=C=C=C=C=C=C=C=C=C=C=C=C=C=C=C=C=C=C=C=C=C=C=C=C=C=C=C=C=C=C=C=C=C=C=C=C=C=C=C=C=C=C=C=C=C=C=C=C=C=C=C=C=C=C=C=C=C=C=C=C=C=C. The molecule has 0 aromatic heterocycles. The first-order valence-electron chi connectivity index (χ1n) is 23.0. The maximum Gasteiger partial charge on any atom is 0 e. The molecule has 0 saturated carbocycles. The molecule has 0 unspecified atom stereocenters. The Labute approximate surface area is 525 Å². The maximum atomic E-state index is 3.32. The van der Waals surface area contributed by atoms with Crippen LogP contribution in [0, 0.1) is 0 Å². The summed E-state index contributed by atoms with van der Waals surface area (Å²) in [5.74, 6) is 0. The summed E-state index contributed by atoms with van der Waals surface area (Å²) in [5.41, 5.74) is 224. The van der Waals surface area contributed by atoms with Crippen LogP contribution in [-0.4, -0.2) is 0 Å². The van der Waals surface area contributed by atoms with Crippen molar-refractivity contribution in [1.29, 1.82) is 0 Å². The smallest absolute Gasteiger partial charge is 0 e. The van der Waals surface area contributed by atoms with E-state index in [1.165, 1.54) is 0 Å². The van der Waals surface area contributed by atoms with Crippen molar-refractivity contribution in [3.05, 3.63) is 529 Å². The summed E-state index contributed by atoms with van der Waals surface area (Å²) in [7, 11) is 0. The lowest BCUT2D eigenvalue weighted by Crippen LogP contribution is -1.26. The van der Waals surface area contributed by atoms with Crippen molar-refractivity contribution < 1.29 is 0 Å². The zero-order valence-electron chi connectivity index (χ0n) is 46.4. The molecule has 0 saturated heterocycles. The van der Waals surface area contributed by atoms with E-state index in [1.807, 2.05) is 0 Å². The average molecular weight is 1110 g/mol. The highest BCUT2D eigenvalue weighted by Gasteiger charge is 1.50. The van der Waals surface area contributed by atoms with E-state index in [-0.39, 0.29) is 0 Å². The zero-order chi connectivity index (χ0) is 65.6. The minimum atomic E-state index is 2.37. The summed E-state index contributed by atoms with van der Waals surface area (Å²) in [6.45, 7) is 6.63. The Balaban J connectivity index is 6.17. The van der Waals surface area contributed by atoms with E-state index < -0.39 is 0 Å². The molecule has 0 radical (unpaired) electrons. The third-order valence-corrected chi connectivity index (χ3v) is 5.61. The van der Waals surface area contributed by atoms with Crippen molar-refractivity contribution in [3.63, 3.8) is 0 Å². The average Bonchev–Trinajstić information content (AvgIpc) is 3.57. The molecule has 0 aromatic carbocycles. The molecule has 0 fully saturated rings. The first-order valence-corrected chi connectivity index (χ1v) is 23.0. The summed E-state index contributed by atoms with van der Waals surface area (Å²) >= 11 is 0. The fourth-order valence-corrected chi connectivity index (χ4v) is 2.78. The van der Waals surface area contributed by atoms with Crippen LogP contribution in [0.3, 0.4) is 0 Å². The second-order valence-corrected chi connectivity index (χ2v) is 11.4. The Bertz CT molecular complexity index is 6780. The molecule has 372 valence electrons. The van der Waals surface area contributed by atoms with Crippen LogP contribution in [0.1, 0.15) is 0 Å². The summed E-state index contributed by atoms with van der Waals surface area (Å²) in [4.78, 5) is 0. The van der Waals surface area contributed by atoms with Gasteiger partial charge in [0.15, 0.2) is 0 Å². The molecule has 0 spiro atoms. The van der Waals surface area contributed by atoms with Crippen LogP contribution in [0.25, 0.3) is 0 Å². The lowest BCUT2D eigenvalue weighted by molar-refractivity contribution is 2.10. The van der Waals surface area contributed by atoms with Crippen molar-refractivity contribution in [2.75, 3.05) is 0 Å². The minimum absolute atomic E-state index is 2.37. The van der Waals surface area contributed by atoms with E-state index in [0.717, 1.165) is 0 Å². The van der Waals surface area contributed by atoms with Gasteiger partial charge in [0.2, 0.25) is 0 Å². The molecule has 0 aliphatic rings. The molecule has 0 nitrogen and oxygen atoms in total. The molecule has 0 aliphatic carbocycles. The van der Waals surface area contributed by atoms with Crippen LogP contribution in [0.5, 0.6) is 0 Å². The highest BCUT2D eigenvalue weighted by atomic mass is 13.5. The van der Waals surface area contributed by atoms with Crippen LogP contribution in [0.2, 0.25) is 0 Å². The Morgan fingerprint density at radius 2 is 0.0870 bits per heavy atom. The van der Waals surface area contributed by atoms with Gasteiger partial charge in [-0.25, -0.2) is 0 Å². The van der Waals surface area contributed by atoms with Crippen molar-refractivity contribution in [3.8, 4) is 0 Å². The molecule has 0 heteroatoms. The second kappa shape index (κ2) is 70.9. The minimum Gasteiger partial charge on any atom is -0.0687 e. The Morgan fingerprint density at radius 3 is 0.120 bits per heavy atom. The van der Waals surface area contributed by atoms with E-state index in [9.17, 15) is 0 Å². The molecule has 0 aromatic rings. The Morgan fingerprint density at radius 1 is 0.0543 bits per heavy atom. The van der Waals surface area contributed by atoms with Crippen LogP contribution >= 0.6 is 0 Å². The van der Waals surface area contributed by atoms with Crippen LogP contribution in [0.4, 0.5) is 0 Å². The van der Waals surface area contributed by atoms with Crippen molar-refractivity contribution in [2.45, 2.75) is 0 Å². The number of rotatable bonds is 0. The normalized spacial score (nSPS) is 3.96. The van der Waals surface area contributed by atoms with E-state index in [2.05, 4.69) is 529 Å². The first kappa shape index (κ1) is 71.9. The third-order valence-electron chi connectivity index (χ3n) is 5.61. The molecule has 0 aliphatic heterocycles. The molecule has 0 bridgehead atoms. The monoisotopic (exact) mass is 1110 g/mol. The predicted octanol–water partition coefficient (Wildman–Crippen LogP) is 14.8. The van der Waals surface area contributed by atoms with Crippen LogP contribution in [-0.2, 0) is 0 Å². The summed E-state index contributed by atoms with van der Waals surface area (Å²) in [6, 6.07) is 0. The highest BCUT2D eigenvalue weighted by molar-refractivity contribution is 5.01. The van der Waals surface area contributed by atoms with Gasteiger partial charge in [-0.3, -0.25) is 0 Å². The van der Waals surface area contributed by atoms with Gasteiger partial charge in [-0.05, 0) is 105 Å². The van der Waals surface area contributed by atoms with E-state index >= 15 is 0 Å². The first-order chi connectivity index (χ1) is 45.9. The Hall–Kier alpha value is -20.1. The summed E-state index contributed by atoms with van der Waals surface area (Å²) in [5, 5.41) is 0. The van der Waals surface area contributed by atoms with Gasteiger partial charge in [0.25, 0.3) is 0 Å². The van der Waals surface area contributed by atoms with Gasteiger partial charge < -0.3 is 0 Å². The van der Waals surface area contributed by atoms with Crippen molar-refractivity contribution in [1.82, 2.24) is 0 Å². The predicted molar refractivity (Wildman–Crippen MR) is 327 cm³/mol. The summed E-state index contributed by atoms with van der Waals surface area (Å²) in [6.07, 6.45) is 0. The fourth-order valence-electron chi connectivity index (χ4n) is 2.78.